The van der Waals surface area contributed by atoms with Crippen molar-refractivity contribution in [3.8, 4) is 33.4 Å². The highest BCUT2D eigenvalue weighted by Gasteiger charge is 2.46. The zero-order chi connectivity index (χ0) is 40.3. The van der Waals surface area contributed by atoms with Gasteiger partial charge in [-0.05, 0) is 127 Å². The molecule has 0 fully saturated rings. The van der Waals surface area contributed by atoms with E-state index in [-0.39, 0.29) is 0 Å². The fraction of sp³-hybridized carbons (Fsp3) is 0.0169. The summed E-state index contributed by atoms with van der Waals surface area (Å²) in [5, 5.41) is 5.10. The average Bonchev–Trinajstić information content (AvgIpc) is 3.85. The second-order valence-electron chi connectivity index (χ2n) is 16.1. The van der Waals surface area contributed by atoms with Gasteiger partial charge in [0.1, 0.15) is 0 Å². The first-order valence-corrected chi connectivity index (χ1v) is 21.8. The number of fused-ring (bicyclic) bond motifs is 7. The molecule has 0 bridgehead atoms. The van der Waals surface area contributed by atoms with Gasteiger partial charge in [-0.3, -0.25) is 0 Å². The maximum Gasteiger partial charge on any atom is 0.0714 e. The summed E-state index contributed by atoms with van der Waals surface area (Å²) in [6.07, 6.45) is 0. The third kappa shape index (κ3) is 5.75. The molecule has 1 aliphatic rings. The summed E-state index contributed by atoms with van der Waals surface area (Å²) in [5.74, 6) is 0. The molecule has 12 rings (SSSR count). The summed E-state index contributed by atoms with van der Waals surface area (Å²) in [4.78, 5) is 2.45. The van der Waals surface area contributed by atoms with Gasteiger partial charge in [0.2, 0.25) is 0 Å². The molecule has 0 spiro atoms. The minimum absolute atomic E-state index is 0.510. The van der Waals surface area contributed by atoms with Crippen molar-refractivity contribution in [3.63, 3.8) is 0 Å². The summed E-state index contributed by atoms with van der Waals surface area (Å²) in [6, 6.07) is 87.5. The van der Waals surface area contributed by atoms with E-state index >= 15 is 0 Å². The predicted octanol–water partition coefficient (Wildman–Crippen LogP) is 16.4. The number of nitrogens with zero attached hydrogens (tertiary/aromatic N) is 1. The lowest BCUT2D eigenvalue weighted by Gasteiger charge is -2.35. The van der Waals surface area contributed by atoms with Crippen molar-refractivity contribution >= 4 is 59.3 Å². The molecule has 0 saturated heterocycles. The number of hydrogen-bond acceptors (Lipinski definition) is 2. The van der Waals surface area contributed by atoms with E-state index in [0.717, 1.165) is 17.1 Å². The van der Waals surface area contributed by atoms with E-state index in [9.17, 15) is 0 Å². The fourth-order valence-corrected chi connectivity index (χ4v) is 11.0. The highest BCUT2D eigenvalue weighted by molar-refractivity contribution is 7.25. The molecule has 286 valence electrons. The van der Waals surface area contributed by atoms with Crippen LogP contribution in [-0.2, 0) is 5.41 Å². The topological polar surface area (TPSA) is 3.24 Å². The maximum absolute atomic E-state index is 2.47. The largest absolute Gasteiger partial charge is 0.310 e. The molecule has 1 heterocycles. The van der Waals surface area contributed by atoms with Crippen molar-refractivity contribution in [1.29, 1.82) is 0 Å². The lowest BCUT2D eigenvalue weighted by molar-refractivity contribution is 0.768. The van der Waals surface area contributed by atoms with Gasteiger partial charge in [0.15, 0.2) is 0 Å². The van der Waals surface area contributed by atoms with Crippen LogP contribution in [0.15, 0.2) is 237 Å². The Kier molecular flexibility index (Phi) is 8.33. The van der Waals surface area contributed by atoms with Gasteiger partial charge in [-0.2, -0.15) is 0 Å². The van der Waals surface area contributed by atoms with E-state index in [1.165, 1.54) is 86.6 Å². The Balaban J connectivity index is 1.08. The molecule has 0 unspecified atom stereocenters. The van der Waals surface area contributed by atoms with Crippen molar-refractivity contribution in [2.45, 2.75) is 5.41 Å². The molecule has 0 aliphatic heterocycles. The molecule has 0 amide bonds. The highest BCUT2D eigenvalue weighted by Crippen LogP contribution is 2.57. The molecule has 0 radical (unpaired) electrons. The first kappa shape index (κ1) is 35.4. The third-order valence-electron chi connectivity index (χ3n) is 12.7. The Morgan fingerprint density at radius 3 is 1.62 bits per heavy atom. The van der Waals surface area contributed by atoms with E-state index < -0.39 is 5.41 Å². The van der Waals surface area contributed by atoms with Gasteiger partial charge in [-0.1, -0.05) is 176 Å². The molecule has 0 atom stereocenters. The van der Waals surface area contributed by atoms with E-state index in [2.05, 4.69) is 241 Å². The lowest BCUT2D eigenvalue weighted by Crippen LogP contribution is -2.28. The van der Waals surface area contributed by atoms with Crippen LogP contribution in [0, 0.1) is 0 Å². The standard InChI is InChI=1S/C59H39NS/c1-3-19-46(20-4-1)59(47-21-5-2-6-22-47)55-27-11-9-25-51(55)52-33-32-50(39-56(52)59)60(48-23-13-17-42(36-48)44-30-29-40-15-7-8-16-41(40)35-44)49-24-14-18-43(37-49)45-31-34-58-54(38-45)53-26-10-12-28-57(53)61-58/h1-39H. The first-order chi connectivity index (χ1) is 30.2. The zero-order valence-electron chi connectivity index (χ0n) is 33.4. The summed E-state index contributed by atoms with van der Waals surface area (Å²) >= 11 is 1.86. The summed E-state index contributed by atoms with van der Waals surface area (Å²) in [5.41, 5.74) is 15.2. The Hall–Kier alpha value is -7.52. The van der Waals surface area contributed by atoms with E-state index in [1.807, 2.05) is 11.3 Å². The molecular weight excluding hydrogens is 755 g/mol. The predicted molar refractivity (Wildman–Crippen MR) is 260 cm³/mol. The smallest absolute Gasteiger partial charge is 0.0714 e. The minimum Gasteiger partial charge on any atom is -0.310 e. The van der Waals surface area contributed by atoms with E-state index in [0.29, 0.717) is 0 Å². The quantitative estimate of drug-likeness (QED) is 0.155. The first-order valence-electron chi connectivity index (χ1n) is 21.0. The van der Waals surface area contributed by atoms with Crippen molar-refractivity contribution in [2.24, 2.45) is 0 Å². The number of rotatable bonds is 7. The fourth-order valence-electron chi connectivity index (χ4n) is 9.94. The molecule has 0 N–H and O–H groups in total. The van der Waals surface area contributed by atoms with Gasteiger partial charge in [0, 0.05) is 37.2 Å². The molecule has 1 aromatic heterocycles. The summed E-state index contributed by atoms with van der Waals surface area (Å²) in [7, 11) is 0. The number of anilines is 3. The van der Waals surface area contributed by atoms with Crippen molar-refractivity contribution in [3.05, 3.63) is 259 Å². The second kappa shape index (κ2) is 14.3. The van der Waals surface area contributed by atoms with Crippen LogP contribution in [0.4, 0.5) is 17.1 Å². The van der Waals surface area contributed by atoms with Crippen LogP contribution in [0.1, 0.15) is 22.3 Å². The van der Waals surface area contributed by atoms with Gasteiger partial charge in [0.25, 0.3) is 0 Å². The molecule has 1 nitrogen and oxygen atoms in total. The second-order valence-corrected chi connectivity index (χ2v) is 17.1. The highest BCUT2D eigenvalue weighted by atomic mass is 32.1. The summed E-state index contributed by atoms with van der Waals surface area (Å²) < 4.78 is 2.63. The molecule has 1 aliphatic carbocycles. The SMILES string of the molecule is c1ccc(C2(c3ccccc3)c3ccccc3-c3ccc(N(c4cccc(-c5ccc6ccccc6c5)c4)c4cccc(-c5ccc6sc7ccccc7c6c5)c4)cc32)cc1. The Morgan fingerprint density at radius 2 is 0.869 bits per heavy atom. The van der Waals surface area contributed by atoms with E-state index in [1.54, 1.807) is 0 Å². The third-order valence-corrected chi connectivity index (χ3v) is 13.9. The lowest BCUT2D eigenvalue weighted by atomic mass is 9.67. The Bertz CT molecular complexity index is 3400. The van der Waals surface area contributed by atoms with Crippen molar-refractivity contribution in [1.82, 2.24) is 0 Å². The molecule has 11 aromatic rings. The molecule has 2 heteroatoms. The zero-order valence-corrected chi connectivity index (χ0v) is 34.2. The van der Waals surface area contributed by atoms with Gasteiger partial charge >= 0.3 is 0 Å². The van der Waals surface area contributed by atoms with Crippen molar-refractivity contribution < 1.29 is 0 Å². The van der Waals surface area contributed by atoms with Crippen LogP contribution in [0.2, 0.25) is 0 Å². The Labute approximate surface area is 360 Å². The number of hydrogen-bond donors (Lipinski definition) is 0. The van der Waals surface area contributed by atoms with Gasteiger partial charge in [0.05, 0.1) is 5.41 Å². The normalized spacial score (nSPS) is 12.7. The van der Waals surface area contributed by atoms with Crippen LogP contribution >= 0.6 is 11.3 Å². The van der Waals surface area contributed by atoms with Crippen LogP contribution in [-0.4, -0.2) is 0 Å². The Morgan fingerprint density at radius 1 is 0.311 bits per heavy atom. The maximum atomic E-state index is 2.47. The van der Waals surface area contributed by atoms with Crippen LogP contribution < -0.4 is 4.90 Å². The van der Waals surface area contributed by atoms with Gasteiger partial charge in [-0.15, -0.1) is 11.3 Å². The van der Waals surface area contributed by atoms with Crippen molar-refractivity contribution in [2.75, 3.05) is 4.90 Å². The number of benzene rings is 10. The van der Waals surface area contributed by atoms with Gasteiger partial charge < -0.3 is 4.90 Å². The number of thiophene rings is 1. The summed E-state index contributed by atoms with van der Waals surface area (Å²) in [6.45, 7) is 0. The minimum atomic E-state index is -0.510. The van der Waals surface area contributed by atoms with Crippen LogP contribution in [0.25, 0.3) is 64.3 Å². The van der Waals surface area contributed by atoms with E-state index in [4.69, 9.17) is 0 Å². The monoisotopic (exact) mass is 793 g/mol. The molecular formula is C59H39NS. The van der Waals surface area contributed by atoms with Crippen LogP contribution in [0.3, 0.4) is 0 Å². The average molecular weight is 794 g/mol. The van der Waals surface area contributed by atoms with Gasteiger partial charge in [-0.25, -0.2) is 0 Å². The van der Waals surface area contributed by atoms with Crippen LogP contribution in [0.5, 0.6) is 0 Å². The molecule has 0 saturated carbocycles. The molecule has 61 heavy (non-hydrogen) atoms. The molecule has 10 aromatic carbocycles.